The summed E-state index contributed by atoms with van der Waals surface area (Å²) in [4.78, 5) is 49.2. The van der Waals surface area contributed by atoms with Crippen LogP contribution in [0.25, 0.3) is 11.1 Å². The van der Waals surface area contributed by atoms with Crippen molar-refractivity contribution in [1.82, 2.24) is 14.8 Å². The lowest BCUT2D eigenvalue weighted by Gasteiger charge is -2.24. The second kappa shape index (κ2) is 11.9. The van der Waals surface area contributed by atoms with Crippen LogP contribution in [0.5, 0.6) is 0 Å². The van der Waals surface area contributed by atoms with Crippen molar-refractivity contribution >= 4 is 29.0 Å². The van der Waals surface area contributed by atoms with Crippen molar-refractivity contribution in [2.75, 3.05) is 40.0 Å². The molecule has 1 atom stereocenters. The molecule has 1 N–H and O–H groups in total. The summed E-state index contributed by atoms with van der Waals surface area (Å²) in [6.45, 7) is 7.07. The zero-order valence-corrected chi connectivity index (χ0v) is 20.9. The molecule has 2 aromatic rings. The maximum absolute atomic E-state index is 12.3. The molecule has 0 bridgehead atoms. The number of rotatable bonds is 8. The van der Waals surface area contributed by atoms with Crippen LogP contribution in [-0.4, -0.2) is 73.0 Å². The number of fused-ring (bicyclic) bond motifs is 1. The topological polar surface area (TPSA) is 129 Å². The van der Waals surface area contributed by atoms with Crippen molar-refractivity contribution in [3.8, 4) is 11.8 Å². The van der Waals surface area contributed by atoms with E-state index < -0.39 is 29.4 Å². The van der Waals surface area contributed by atoms with Crippen LogP contribution in [0.15, 0.2) is 27.4 Å². The van der Waals surface area contributed by atoms with E-state index in [9.17, 15) is 19.2 Å². The molecule has 1 aliphatic rings. The van der Waals surface area contributed by atoms with Gasteiger partial charge < -0.3 is 23.5 Å². The van der Waals surface area contributed by atoms with E-state index in [0.29, 0.717) is 43.0 Å². The number of ether oxygens (including phenoxy) is 3. The monoisotopic (exact) mass is 501 g/mol. The summed E-state index contributed by atoms with van der Waals surface area (Å²) in [6.07, 6.45) is -0.00203. The minimum Gasteiger partial charge on any atom is -0.444 e. The molecule has 1 aliphatic heterocycles. The van der Waals surface area contributed by atoms with Crippen molar-refractivity contribution in [1.29, 1.82) is 0 Å². The second-order valence-electron chi connectivity index (χ2n) is 9.26. The van der Waals surface area contributed by atoms with E-state index in [-0.39, 0.29) is 25.4 Å². The van der Waals surface area contributed by atoms with Crippen LogP contribution in [0.3, 0.4) is 0 Å². The summed E-state index contributed by atoms with van der Waals surface area (Å²) in [7, 11) is 1.65. The Labute approximate surface area is 208 Å². The van der Waals surface area contributed by atoms with E-state index in [1.165, 1.54) is 9.47 Å². The van der Waals surface area contributed by atoms with Gasteiger partial charge in [0.15, 0.2) is 5.58 Å². The van der Waals surface area contributed by atoms with Gasteiger partial charge in [0.1, 0.15) is 18.2 Å². The third-order valence-corrected chi connectivity index (χ3v) is 5.19. The van der Waals surface area contributed by atoms with E-state index >= 15 is 0 Å². The summed E-state index contributed by atoms with van der Waals surface area (Å²) in [5, 5.41) is 2.25. The molecule has 0 aliphatic carbocycles. The number of benzene rings is 1. The Morgan fingerprint density at radius 1 is 1.19 bits per heavy atom. The summed E-state index contributed by atoms with van der Waals surface area (Å²) in [5.74, 6) is 4.29. The van der Waals surface area contributed by atoms with Crippen molar-refractivity contribution in [3.63, 3.8) is 0 Å². The number of amides is 3. The summed E-state index contributed by atoms with van der Waals surface area (Å²) < 4.78 is 22.7. The first-order valence-electron chi connectivity index (χ1n) is 11.6. The maximum Gasteiger partial charge on any atom is 0.420 e. The van der Waals surface area contributed by atoms with Crippen molar-refractivity contribution in [3.05, 3.63) is 34.3 Å². The predicted molar refractivity (Wildman–Crippen MR) is 129 cm³/mol. The van der Waals surface area contributed by atoms with E-state index in [4.69, 9.17) is 18.6 Å². The van der Waals surface area contributed by atoms with Crippen LogP contribution < -0.4 is 11.1 Å². The molecule has 1 unspecified atom stereocenters. The van der Waals surface area contributed by atoms with Crippen LogP contribution >= 0.6 is 0 Å². The van der Waals surface area contributed by atoms with Gasteiger partial charge in [-0.05, 0) is 45.4 Å². The number of piperidine rings is 1. The normalized spacial score (nSPS) is 15.8. The highest BCUT2D eigenvalue weighted by Gasteiger charge is 2.31. The molecule has 11 nitrogen and oxygen atoms in total. The van der Waals surface area contributed by atoms with E-state index in [2.05, 4.69) is 17.2 Å². The van der Waals surface area contributed by atoms with Gasteiger partial charge in [-0.15, -0.1) is 0 Å². The van der Waals surface area contributed by atoms with Gasteiger partial charge in [0, 0.05) is 25.6 Å². The molecule has 194 valence electrons. The largest absolute Gasteiger partial charge is 0.444 e. The Kier molecular flexibility index (Phi) is 8.90. The molecule has 1 saturated heterocycles. The van der Waals surface area contributed by atoms with Gasteiger partial charge in [0.25, 0.3) is 0 Å². The van der Waals surface area contributed by atoms with Gasteiger partial charge in [0.2, 0.25) is 11.8 Å². The van der Waals surface area contributed by atoms with Crippen molar-refractivity contribution in [2.45, 2.75) is 45.3 Å². The number of nitrogens with zero attached hydrogens (tertiary/aromatic N) is 2. The number of hydrogen-bond donors (Lipinski definition) is 1. The molecule has 0 radical (unpaired) electrons. The Morgan fingerprint density at radius 2 is 1.94 bits per heavy atom. The Morgan fingerprint density at radius 3 is 2.67 bits per heavy atom. The fraction of sp³-hybridized carbons (Fsp3) is 0.520. The van der Waals surface area contributed by atoms with Gasteiger partial charge in [-0.1, -0.05) is 11.8 Å². The fourth-order valence-electron chi connectivity index (χ4n) is 3.45. The standard InChI is InChI=1S/C25H31N3O8/c1-25(2,3)36-23(31)27(4)11-13-34-15-14-33-12-5-6-17-7-8-18-20(16-17)35-24(32)28(18)19-9-10-21(29)26-22(19)30/h7-8,16,19H,9-15H2,1-4H3,(H,26,29,30). The first-order chi connectivity index (χ1) is 17.0. The minimum atomic E-state index is -0.790. The van der Waals surface area contributed by atoms with Gasteiger partial charge in [-0.2, -0.15) is 0 Å². The molecule has 11 heteroatoms. The number of likely N-dealkylation sites (N-methyl/N-ethyl adjacent to an activating group) is 1. The number of hydrogen-bond acceptors (Lipinski definition) is 8. The SMILES string of the molecule is CN(CCOCCOCC#Cc1ccc2c(c1)oc(=O)n2C1CCC(=O)NC1=O)C(=O)OC(C)(C)C. The smallest absolute Gasteiger partial charge is 0.420 e. The van der Waals surface area contributed by atoms with Crippen molar-refractivity contribution < 1.29 is 33.0 Å². The molecule has 2 heterocycles. The molecule has 1 aromatic carbocycles. The number of carbonyl (C=O) groups excluding carboxylic acids is 3. The lowest BCUT2D eigenvalue weighted by atomic mass is 10.1. The first kappa shape index (κ1) is 27.0. The fourth-order valence-corrected chi connectivity index (χ4v) is 3.45. The average molecular weight is 502 g/mol. The number of oxazole rings is 1. The van der Waals surface area contributed by atoms with Crippen LogP contribution in [0, 0.1) is 11.8 Å². The molecule has 1 fully saturated rings. The highest BCUT2D eigenvalue weighted by Crippen LogP contribution is 2.23. The molecule has 36 heavy (non-hydrogen) atoms. The summed E-state index contributed by atoms with van der Waals surface area (Å²) >= 11 is 0. The minimum absolute atomic E-state index is 0.160. The number of carbonyl (C=O) groups is 3. The summed E-state index contributed by atoms with van der Waals surface area (Å²) in [5.41, 5.74) is 0.853. The van der Waals surface area contributed by atoms with Gasteiger partial charge >= 0.3 is 11.8 Å². The maximum atomic E-state index is 12.3. The zero-order valence-electron chi connectivity index (χ0n) is 20.9. The van der Waals surface area contributed by atoms with Gasteiger partial charge in [0.05, 0.1) is 25.3 Å². The van der Waals surface area contributed by atoms with E-state index in [1.807, 2.05) is 20.8 Å². The molecule has 1 aromatic heterocycles. The highest BCUT2D eigenvalue weighted by atomic mass is 16.6. The molecule has 0 saturated carbocycles. The molecule has 3 rings (SSSR count). The van der Waals surface area contributed by atoms with Crippen LogP contribution in [0.1, 0.15) is 45.2 Å². The Balaban J connectivity index is 1.42. The quantitative estimate of drug-likeness (QED) is 0.330. The third kappa shape index (κ3) is 7.44. The number of aromatic nitrogens is 1. The van der Waals surface area contributed by atoms with Crippen molar-refractivity contribution in [2.24, 2.45) is 0 Å². The molecule has 3 amide bonds. The third-order valence-electron chi connectivity index (χ3n) is 5.19. The van der Waals surface area contributed by atoms with Gasteiger partial charge in [-0.3, -0.25) is 19.5 Å². The zero-order chi connectivity index (χ0) is 26.3. The lowest BCUT2D eigenvalue weighted by molar-refractivity contribution is -0.135. The second-order valence-corrected chi connectivity index (χ2v) is 9.26. The van der Waals surface area contributed by atoms with E-state index in [0.717, 1.165) is 0 Å². The number of imide groups is 1. The van der Waals surface area contributed by atoms with Gasteiger partial charge in [-0.25, -0.2) is 9.59 Å². The predicted octanol–water partition coefficient (Wildman–Crippen LogP) is 1.82. The molecule has 0 spiro atoms. The Hall–Kier alpha value is -3.62. The molecular weight excluding hydrogens is 470 g/mol. The average Bonchev–Trinajstić information content (AvgIpc) is 3.11. The van der Waals surface area contributed by atoms with Crippen LogP contribution in [0.4, 0.5) is 4.79 Å². The highest BCUT2D eigenvalue weighted by molar-refractivity contribution is 6.00. The van der Waals surface area contributed by atoms with E-state index in [1.54, 1.807) is 25.2 Å². The van der Waals surface area contributed by atoms with Crippen LogP contribution in [0.2, 0.25) is 0 Å². The first-order valence-corrected chi connectivity index (χ1v) is 11.6. The molecular formula is C25H31N3O8. The Bertz CT molecular complexity index is 1230. The van der Waals surface area contributed by atoms with Crippen LogP contribution in [-0.2, 0) is 23.8 Å². The number of nitrogens with one attached hydrogen (secondary N) is 1. The summed E-state index contributed by atoms with van der Waals surface area (Å²) in [6, 6.07) is 4.21. The lowest BCUT2D eigenvalue weighted by Crippen LogP contribution is -2.43.